The highest BCUT2D eigenvalue weighted by Crippen LogP contribution is 2.43. The van der Waals surface area contributed by atoms with Gasteiger partial charge in [0.2, 0.25) is 0 Å². The van der Waals surface area contributed by atoms with E-state index in [1.807, 2.05) is 6.20 Å². The molecule has 0 amide bonds. The summed E-state index contributed by atoms with van der Waals surface area (Å²) in [6, 6.07) is 28.4. The van der Waals surface area contributed by atoms with Crippen molar-refractivity contribution in [2.45, 2.75) is 25.9 Å². The third kappa shape index (κ3) is 3.50. The van der Waals surface area contributed by atoms with E-state index in [-0.39, 0.29) is 12.0 Å². The summed E-state index contributed by atoms with van der Waals surface area (Å²) >= 11 is 0. The van der Waals surface area contributed by atoms with Crippen molar-refractivity contribution in [2.24, 2.45) is 0 Å². The van der Waals surface area contributed by atoms with Crippen molar-refractivity contribution < 1.29 is 4.74 Å². The van der Waals surface area contributed by atoms with Crippen LogP contribution >= 0.6 is 0 Å². The normalized spacial score (nSPS) is 17.5. The number of allylic oxidation sites excluding steroid dienone is 2. The summed E-state index contributed by atoms with van der Waals surface area (Å²) in [5.41, 5.74) is 9.96. The Morgan fingerprint density at radius 2 is 1.28 bits per heavy atom. The molecule has 0 bridgehead atoms. The quantitative estimate of drug-likeness (QED) is 0.222. The summed E-state index contributed by atoms with van der Waals surface area (Å²) in [4.78, 5) is 10.1. The molecule has 5 aromatic carbocycles. The van der Waals surface area contributed by atoms with Crippen molar-refractivity contribution >= 4 is 32.6 Å². The highest BCUT2D eigenvalue weighted by atomic mass is 16.5. The fraction of sp³-hybridized carbons (Fsp3) is 0.111. The fourth-order valence-corrected chi connectivity index (χ4v) is 6.14. The van der Waals surface area contributed by atoms with E-state index < -0.39 is 0 Å². The predicted octanol–water partition coefficient (Wildman–Crippen LogP) is 8.86. The third-order valence-corrected chi connectivity index (χ3v) is 8.15. The highest BCUT2D eigenvalue weighted by Gasteiger charge is 2.32. The molecule has 1 aliphatic heterocycles. The number of hydrogen-bond donors (Lipinski definition) is 0. The molecular weight excluding hydrogens is 476 g/mol. The Kier molecular flexibility index (Phi) is 4.78. The number of ether oxygens (including phenoxy) is 1. The van der Waals surface area contributed by atoms with Crippen LogP contribution in [0.25, 0.3) is 55.0 Å². The first-order chi connectivity index (χ1) is 19.1. The molecule has 3 heteroatoms. The van der Waals surface area contributed by atoms with E-state index in [0.717, 1.165) is 38.8 Å². The Labute approximate surface area is 227 Å². The molecule has 2 aliphatic rings. The first-order valence-electron chi connectivity index (χ1n) is 13.5. The van der Waals surface area contributed by atoms with Crippen molar-refractivity contribution in [1.29, 1.82) is 0 Å². The van der Waals surface area contributed by atoms with Crippen LogP contribution in [0.15, 0.2) is 109 Å². The van der Waals surface area contributed by atoms with Gasteiger partial charge < -0.3 is 4.74 Å². The zero-order valence-corrected chi connectivity index (χ0v) is 21.8. The van der Waals surface area contributed by atoms with Crippen molar-refractivity contribution in [2.75, 3.05) is 0 Å². The first kappa shape index (κ1) is 22.2. The number of nitrogens with zero attached hydrogens (tertiary/aromatic N) is 2. The second-order valence-corrected chi connectivity index (χ2v) is 10.8. The smallest absolute Gasteiger partial charge is 0.128 e. The van der Waals surface area contributed by atoms with E-state index in [0.29, 0.717) is 0 Å². The first-order valence-corrected chi connectivity index (χ1v) is 13.5. The molecule has 0 saturated carbocycles. The minimum absolute atomic E-state index is 0.107. The lowest BCUT2D eigenvalue weighted by atomic mass is 9.90. The topological polar surface area (TPSA) is 35.0 Å². The van der Waals surface area contributed by atoms with E-state index in [4.69, 9.17) is 14.7 Å². The molecule has 39 heavy (non-hydrogen) atoms. The van der Waals surface area contributed by atoms with Gasteiger partial charge in [0, 0.05) is 27.8 Å². The van der Waals surface area contributed by atoms with Crippen LogP contribution in [0.2, 0.25) is 0 Å². The number of rotatable bonds is 2. The predicted molar refractivity (Wildman–Crippen MR) is 160 cm³/mol. The van der Waals surface area contributed by atoms with Crippen molar-refractivity contribution in [1.82, 2.24) is 9.97 Å². The van der Waals surface area contributed by atoms with Crippen LogP contribution < -0.4 is 4.74 Å². The second kappa shape index (κ2) is 8.37. The van der Waals surface area contributed by atoms with Gasteiger partial charge in [0.15, 0.2) is 0 Å². The van der Waals surface area contributed by atoms with Crippen LogP contribution in [0.1, 0.15) is 22.6 Å². The minimum atomic E-state index is 0.107. The average Bonchev–Trinajstić information content (AvgIpc) is 3.35. The summed E-state index contributed by atoms with van der Waals surface area (Å²) in [6.45, 7) is 4.28. The van der Waals surface area contributed by atoms with Gasteiger partial charge in [0.25, 0.3) is 0 Å². The van der Waals surface area contributed by atoms with Gasteiger partial charge in [-0.25, -0.2) is 4.98 Å². The maximum atomic E-state index is 6.13. The van der Waals surface area contributed by atoms with E-state index in [2.05, 4.69) is 117 Å². The molecule has 6 aromatic rings. The molecule has 0 radical (unpaired) electrons. The number of aryl methyl sites for hydroxylation is 2. The van der Waals surface area contributed by atoms with Gasteiger partial charge in [0.1, 0.15) is 11.9 Å². The summed E-state index contributed by atoms with van der Waals surface area (Å²) in [5.74, 6) is 1.27. The molecule has 0 N–H and O–H groups in total. The lowest BCUT2D eigenvalue weighted by Gasteiger charge is -2.14. The zero-order valence-electron chi connectivity index (χ0n) is 21.8. The monoisotopic (exact) mass is 502 g/mol. The molecule has 2 unspecified atom stereocenters. The molecule has 1 aliphatic carbocycles. The maximum Gasteiger partial charge on any atom is 0.128 e. The van der Waals surface area contributed by atoms with Crippen LogP contribution in [0, 0.1) is 13.8 Å². The van der Waals surface area contributed by atoms with Crippen molar-refractivity contribution in [3.05, 3.63) is 126 Å². The molecule has 1 aromatic heterocycles. The molecule has 0 fully saturated rings. The molecule has 8 rings (SSSR count). The summed E-state index contributed by atoms with van der Waals surface area (Å²) in [6.07, 6.45) is 10.6. The van der Waals surface area contributed by atoms with Crippen LogP contribution in [0.4, 0.5) is 0 Å². The summed E-state index contributed by atoms with van der Waals surface area (Å²) in [5, 5.41) is 4.76. The van der Waals surface area contributed by atoms with Gasteiger partial charge in [0.05, 0.1) is 22.9 Å². The Bertz CT molecular complexity index is 2020. The molecule has 0 saturated heterocycles. The zero-order chi connectivity index (χ0) is 26.1. The summed E-state index contributed by atoms with van der Waals surface area (Å²) < 4.78 is 6.13. The van der Waals surface area contributed by atoms with Gasteiger partial charge in [-0.1, -0.05) is 96.1 Å². The van der Waals surface area contributed by atoms with Gasteiger partial charge in [-0.2, -0.15) is 0 Å². The van der Waals surface area contributed by atoms with Gasteiger partial charge in [-0.3, -0.25) is 4.98 Å². The van der Waals surface area contributed by atoms with E-state index in [9.17, 15) is 0 Å². The van der Waals surface area contributed by atoms with Gasteiger partial charge in [-0.15, -0.1) is 0 Å². The Morgan fingerprint density at radius 1 is 0.615 bits per heavy atom. The van der Waals surface area contributed by atoms with Crippen LogP contribution in [0.3, 0.4) is 0 Å². The SMILES string of the molecule is Cc1ccc2c(c1)c1cc(C)ccc1c1nc(-c3ccc(-c4ccc5c(c4)C4C=CC=CC4O5)cc3)cnc21. The van der Waals surface area contributed by atoms with Crippen molar-refractivity contribution in [3.8, 4) is 28.1 Å². The lowest BCUT2D eigenvalue weighted by Crippen LogP contribution is -2.15. The van der Waals surface area contributed by atoms with Gasteiger partial charge in [-0.05, 0) is 54.0 Å². The van der Waals surface area contributed by atoms with Crippen LogP contribution in [0.5, 0.6) is 5.75 Å². The number of aromatic nitrogens is 2. The average molecular weight is 503 g/mol. The molecule has 2 atom stereocenters. The molecule has 2 heterocycles. The lowest BCUT2D eigenvalue weighted by molar-refractivity contribution is 0.269. The largest absolute Gasteiger partial charge is 0.485 e. The standard InChI is InChI=1S/C36H26N2O/c1-21-7-14-27-29(17-21)30-18-22(2)8-15-28(30)36-35(27)37-20-32(38-36)24-11-9-23(10-12-24)25-13-16-34-31(19-25)26-5-3-4-6-33(26)39-34/h3-20,26,33H,1-2H3. The second-order valence-electron chi connectivity index (χ2n) is 10.8. The highest BCUT2D eigenvalue weighted by molar-refractivity contribution is 6.23. The van der Waals surface area contributed by atoms with Gasteiger partial charge >= 0.3 is 0 Å². The Balaban J connectivity index is 1.21. The molecule has 3 nitrogen and oxygen atoms in total. The molecular formula is C36H26N2O. The number of fused-ring (bicyclic) bond motifs is 9. The van der Waals surface area contributed by atoms with E-state index in [1.54, 1.807) is 0 Å². The minimum Gasteiger partial charge on any atom is -0.485 e. The molecule has 186 valence electrons. The maximum absolute atomic E-state index is 6.13. The number of hydrogen-bond acceptors (Lipinski definition) is 3. The van der Waals surface area contributed by atoms with E-state index in [1.165, 1.54) is 38.6 Å². The van der Waals surface area contributed by atoms with Crippen LogP contribution in [-0.2, 0) is 0 Å². The third-order valence-electron chi connectivity index (χ3n) is 8.15. The Morgan fingerprint density at radius 3 is 2.05 bits per heavy atom. The summed E-state index contributed by atoms with van der Waals surface area (Å²) in [7, 11) is 0. The number of benzene rings is 5. The van der Waals surface area contributed by atoms with Crippen molar-refractivity contribution in [3.63, 3.8) is 0 Å². The fourth-order valence-electron chi connectivity index (χ4n) is 6.14. The molecule has 0 spiro atoms. The Hall–Kier alpha value is -4.76. The van der Waals surface area contributed by atoms with E-state index >= 15 is 0 Å². The van der Waals surface area contributed by atoms with Crippen LogP contribution in [-0.4, -0.2) is 16.1 Å².